The Kier molecular flexibility index (Phi) is 5.69. The molecule has 7 nitrogen and oxygen atoms in total. The van der Waals surface area contributed by atoms with E-state index in [2.05, 4.69) is 42.5 Å². The van der Waals surface area contributed by atoms with Gasteiger partial charge in [0.25, 0.3) is 0 Å². The highest BCUT2D eigenvalue weighted by Gasteiger charge is 2.19. The van der Waals surface area contributed by atoms with E-state index in [0.717, 1.165) is 38.3 Å². The van der Waals surface area contributed by atoms with Gasteiger partial charge in [-0.3, -0.25) is 5.32 Å². The first-order chi connectivity index (χ1) is 14.6. The number of urea groups is 1. The van der Waals surface area contributed by atoms with E-state index in [4.69, 9.17) is 0 Å². The van der Waals surface area contributed by atoms with Crippen molar-refractivity contribution in [3.63, 3.8) is 0 Å². The van der Waals surface area contributed by atoms with Crippen LogP contribution in [0.4, 0.5) is 36.6 Å². The number of aromatic nitrogens is 2. The third kappa shape index (κ3) is 4.62. The number of hydrogen-bond donors (Lipinski definition) is 2. The summed E-state index contributed by atoms with van der Waals surface area (Å²) in [5.41, 5.74) is 1.33. The predicted octanol–water partition coefficient (Wildman–Crippen LogP) is 3.73. The van der Waals surface area contributed by atoms with Crippen LogP contribution in [-0.2, 0) is 0 Å². The molecule has 0 aliphatic carbocycles. The highest BCUT2D eigenvalue weighted by Crippen LogP contribution is 2.20. The molecule has 9 heteroatoms. The lowest BCUT2D eigenvalue weighted by Gasteiger charge is -2.36. The van der Waals surface area contributed by atoms with Crippen LogP contribution < -0.4 is 20.4 Å². The Hall–Kier alpha value is -3.75. The van der Waals surface area contributed by atoms with Crippen molar-refractivity contribution in [1.82, 2.24) is 9.97 Å². The number of benzene rings is 2. The molecule has 0 spiro atoms. The van der Waals surface area contributed by atoms with Crippen LogP contribution in [-0.4, -0.2) is 42.2 Å². The number of carbonyl (C=O) groups is 1. The Morgan fingerprint density at radius 2 is 1.57 bits per heavy atom. The number of amides is 2. The van der Waals surface area contributed by atoms with Gasteiger partial charge in [-0.2, -0.15) is 0 Å². The van der Waals surface area contributed by atoms with Gasteiger partial charge in [0.1, 0.15) is 18.0 Å². The maximum Gasteiger partial charge on any atom is 0.324 e. The van der Waals surface area contributed by atoms with E-state index in [0.29, 0.717) is 11.6 Å². The number of nitrogens with one attached hydrogen (secondary N) is 2. The van der Waals surface area contributed by atoms with Crippen molar-refractivity contribution in [3.8, 4) is 0 Å². The molecular formula is C21H20F2N6O. The van der Waals surface area contributed by atoms with Crippen LogP contribution in [0.5, 0.6) is 0 Å². The molecule has 2 heterocycles. The second-order valence-corrected chi connectivity index (χ2v) is 6.78. The van der Waals surface area contributed by atoms with Crippen molar-refractivity contribution in [2.75, 3.05) is 46.6 Å². The molecule has 0 atom stereocenters. The van der Waals surface area contributed by atoms with Crippen LogP contribution in [0, 0.1) is 11.6 Å². The van der Waals surface area contributed by atoms with Crippen LogP contribution in [0.1, 0.15) is 0 Å². The summed E-state index contributed by atoms with van der Waals surface area (Å²) in [6.07, 6.45) is 1.38. The Balaban J connectivity index is 1.36. The molecule has 0 unspecified atom stereocenters. The van der Waals surface area contributed by atoms with Gasteiger partial charge < -0.3 is 15.1 Å². The van der Waals surface area contributed by atoms with Gasteiger partial charge in [-0.05, 0) is 24.3 Å². The summed E-state index contributed by atoms with van der Waals surface area (Å²) >= 11 is 0. The number of anilines is 4. The van der Waals surface area contributed by atoms with Gasteiger partial charge in [0.15, 0.2) is 11.6 Å². The Morgan fingerprint density at radius 3 is 2.30 bits per heavy atom. The number of nitrogens with zero attached hydrogens (tertiary/aromatic N) is 4. The molecule has 0 radical (unpaired) electrons. The van der Waals surface area contributed by atoms with Crippen LogP contribution in [0.3, 0.4) is 0 Å². The summed E-state index contributed by atoms with van der Waals surface area (Å²) in [5.74, 6) is -0.994. The zero-order valence-corrected chi connectivity index (χ0v) is 16.1. The fraction of sp³-hybridized carbons (Fsp3) is 0.190. The summed E-state index contributed by atoms with van der Waals surface area (Å²) in [6.45, 7) is 3.28. The number of rotatable bonds is 4. The van der Waals surface area contributed by atoms with Gasteiger partial charge in [0, 0.05) is 49.7 Å². The monoisotopic (exact) mass is 410 g/mol. The number of para-hydroxylation sites is 1. The van der Waals surface area contributed by atoms with Gasteiger partial charge in [-0.25, -0.2) is 23.5 Å². The number of hydrogen-bond acceptors (Lipinski definition) is 5. The van der Waals surface area contributed by atoms with Crippen LogP contribution in [0.2, 0.25) is 0 Å². The first kappa shape index (κ1) is 19.6. The third-order valence-electron chi connectivity index (χ3n) is 4.80. The zero-order valence-electron chi connectivity index (χ0n) is 16.1. The maximum absolute atomic E-state index is 13.3. The number of halogens is 2. The molecule has 0 saturated carbocycles. The fourth-order valence-electron chi connectivity index (χ4n) is 3.27. The van der Waals surface area contributed by atoms with E-state index in [1.54, 1.807) is 6.07 Å². The molecule has 1 aliphatic rings. The Bertz CT molecular complexity index is 1030. The number of piperazine rings is 1. The fourth-order valence-corrected chi connectivity index (χ4v) is 3.27. The lowest BCUT2D eigenvalue weighted by Crippen LogP contribution is -2.46. The van der Waals surface area contributed by atoms with E-state index in [-0.39, 0.29) is 5.69 Å². The van der Waals surface area contributed by atoms with Crippen LogP contribution in [0.15, 0.2) is 60.9 Å². The lowest BCUT2D eigenvalue weighted by molar-refractivity contribution is 0.262. The summed E-state index contributed by atoms with van der Waals surface area (Å²) in [7, 11) is 0. The molecule has 1 saturated heterocycles. The molecule has 154 valence electrons. The molecule has 1 fully saturated rings. The Morgan fingerprint density at radius 1 is 0.833 bits per heavy atom. The van der Waals surface area contributed by atoms with E-state index >= 15 is 0 Å². The topological polar surface area (TPSA) is 73.4 Å². The van der Waals surface area contributed by atoms with Crippen LogP contribution >= 0.6 is 0 Å². The number of carbonyl (C=O) groups excluding carboxylic acids is 1. The summed E-state index contributed by atoms with van der Waals surface area (Å²) in [5, 5.41) is 5.03. The molecule has 1 aromatic heterocycles. The van der Waals surface area contributed by atoms with Gasteiger partial charge in [0.2, 0.25) is 0 Å². The minimum Gasteiger partial charge on any atom is -0.368 e. The molecule has 4 rings (SSSR count). The zero-order chi connectivity index (χ0) is 20.9. The second-order valence-electron chi connectivity index (χ2n) is 6.78. The van der Waals surface area contributed by atoms with Crippen molar-refractivity contribution < 1.29 is 13.6 Å². The molecule has 0 bridgehead atoms. The SMILES string of the molecule is O=C(Nc1ccc(F)c(F)c1)Nc1cc(N2CCN(c3ccccc3)CC2)ncn1. The van der Waals surface area contributed by atoms with E-state index in [1.165, 1.54) is 18.1 Å². The molecule has 1 aliphatic heterocycles. The summed E-state index contributed by atoms with van der Waals surface area (Å²) in [6, 6.07) is 14.4. The minimum absolute atomic E-state index is 0.137. The molecule has 2 N–H and O–H groups in total. The minimum atomic E-state index is -1.04. The first-order valence-electron chi connectivity index (χ1n) is 9.48. The standard InChI is InChI=1S/C21H20F2N6O/c22-17-7-6-15(12-18(17)23)26-21(30)27-19-13-20(25-14-24-19)29-10-8-28(9-11-29)16-4-2-1-3-5-16/h1-7,12-14H,8-11H2,(H2,24,25,26,27,30). The van der Waals surface area contributed by atoms with E-state index in [9.17, 15) is 13.6 Å². The molecule has 2 aromatic carbocycles. The quantitative estimate of drug-likeness (QED) is 0.686. The predicted molar refractivity (Wildman–Crippen MR) is 112 cm³/mol. The average molecular weight is 410 g/mol. The lowest BCUT2D eigenvalue weighted by atomic mass is 10.2. The Labute approximate surface area is 172 Å². The molecule has 30 heavy (non-hydrogen) atoms. The third-order valence-corrected chi connectivity index (χ3v) is 4.80. The van der Waals surface area contributed by atoms with Crippen molar-refractivity contribution >= 4 is 29.0 Å². The normalized spacial score (nSPS) is 13.8. The highest BCUT2D eigenvalue weighted by atomic mass is 19.2. The van der Waals surface area contributed by atoms with Crippen molar-refractivity contribution in [1.29, 1.82) is 0 Å². The summed E-state index contributed by atoms with van der Waals surface area (Å²) < 4.78 is 26.3. The molecule has 3 aromatic rings. The molecule has 2 amide bonds. The maximum atomic E-state index is 13.3. The molecular weight excluding hydrogens is 390 g/mol. The van der Waals surface area contributed by atoms with E-state index < -0.39 is 17.7 Å². The van der Waals surface area contributed by atoms with E-state index in [1.807, 2.05) is 18.2 Å². The van der Waals surface area contributed by atoms with Gasteiger partial charge >= 0.3 is 6.03 Å². The largest absolute Gasteiger partial charge is 0.368 e. The van der Waals surface area contributed by atoms with Gasteiger partial charge in [0.05, 0.1) is 0 Å². The highest BCUT2D eigenvalue weighted by molar-refractivity contribution is 5.99. The van der Waals surface area contributed by atoms with Crippen molar-refractivity contribution in [2.24, 2.45) is 0 Å². The van der Waals surface area contributed by atoms with Crippen LogP contribution in [0.25, 0.3) is 0 Å². The average Bonchev–Trinajstić information content (AvgIpc) is 2.77. The van der Waals surface area contributed by atoms with Crippen molar-refractivity contribution in [3.05, 3.63) is 72.6 Å². The smallest absolute Gasteiger partial charge is 0.324 e. The van der Waals surface area contributed by atoms with Gasteiger partial charge in [-0.1, -0.05) is 18.2 Å². The summed E-state index contributed by atoms with van der Waals surface area (Å²) in [4.78, 5) is 24.9. The first-order valence-corrected chi connectivity index (χ1v) is 9.48. The van der Waals surface area contributed by atoms with Gasteiger partial charge in [-0.15, -0.1) is 0 Å². The van der Waals surface area contributed by atoms with Crippen molar-refractivity contribution in [2.45, 2.75) is 0 Å². The second kappa shape index (κ2) is 8.73.